The maximum Gasteiger partial charge on any atom is 0.290 e. The molecule has 7 heteroatoms. The summed E-state index contributed by atoms with van der Waals surface area (Å²) in [6, 6.07) is 17.6. The van der Waals surface area contributed by atoms with Crippen molar-refractivity contribution in [2.45, 2.75) is 32.9 Å². The fourth-order valence-corrected chi connectivity index (χ4v) is 4.69. The van der Waals surface area contributed by atoms with Crippen LogP contribution in [0.15, 0.2) is 77.4 Å². The van der Waals surface area contributed by atoms with E-state index < -0.39 is 17.7 Å². The number of ether oxygens (including phenoxy) is 2. The molecular formula is C27H27NO5S. The van der Waals surface area contributed by atoms with Crippen LogP contribution in [0.3, 0.4) is 0 Å². The first-order valence-electron chi connectivity index (χ1n) is 11.3. The van der Waals surface area contributed by atoms with Gasteiger partial charge < -0.3 is 19.5 Å². The van der Waals surface area contributed by atoms with Gasteiger partial charge in [0.25, 0.3) is 5.91 Å². The van der Waals surface area contributed by atoms with E-state index in [1.54, 1.807) is 29.6 Å². The van der Waals surface area contributed by atoms with Gasteiger partial charge in [0.2, 0.25) is 5.78 Å². The zero-order chi connectivity index (χ0) is 24.1. The number of nitrogens with zero attached hydrogens (tertiary/aromatic N) is 1. The molecule has 1 unspecified atom stereocenters. The van der Waals surface area contributed by atoms with Crippen molar-refractivity contribution in [3.8, 4) is 11.5 Å². The molecule has 34 heavy (non-hydrogen) atoms. The van der Waals surface area contributed by atoms with Gasteiger partial charge in [0, 0.05) is 6.54 Å². The molecule has 0 spiro atoms. The number of rotatable bonds is 10. The van der Waals surface area contributed by atoms with Gasteiger partial charge in [-0.15, -0.1) is 11.3 Å². The Bertz CT molecular complexity index is 1190. The number of carbonyl (C=O) groups is 2. The minimum Gasteiger partial charge on any atom is -0.503 e. The second-order valence-corrected chi connectivity index (χ2v) is 8.83. The lowest BCUT2D eigenvalue weighted by Crippen LogP contribution is -2.30. The molecule has 2 aromatic carbocycles. The Hall–Kier alpha value is -3.58. The Morgan fingerprint density at radius 1 is 1.03 bits per heavy atom. The van der Waals surface area contributed by atoms with Crippen LogP contribution in [-0.2, 0) is 11.3 Å². The number of thiophene rings is 1. The second kappa shape index (κ2) is 10.6. The number of hydrogen-bond donors (Lipinski definition) is 1. The SMILES string of the molecule is CCCOc1ccc(C2C(C(=O)c3cccs3)=C(O)C(=O)N2Cc2ccccc2)cc1OCC. The van der Waals surface area contributed by atoms with E-state index in [1.165, 1.54) is 16.2 Å². The maximum absolute atomic E-state index is 13.4. The zero-order valence-corrected chi connectivity index (χ0v) is 20.0. The molecule has 2 heterocycles. The van der Waals surface area contributed by atoms with Crippen LogP contribution in [0.5, 0.6) is 11.5 Å². The van der Waals surface area contributed by atoms with Gasteiger partial charge in [0.15, 0.2) is 17.3 Å². The number of Topliss-reactive ketones (excluding diaryl/α,β-unsaturated/α-hetero) is 1. The highest BCUT2D eigenvalue weighted by Crippen LogP contribution is 2.42. The van der Waals surface area contributed by atoms with Crippen LogP contribution >= 0.6 is 11.3 Å². The predicted molar refractivity (Wildman–Crippen MR) is 131 cm³/mol. The van der Waals surface area contributed by atoms with Gasteiger partial charge in [-0.1, -0.05) is 49.4 Å². The average molecular weight is 478 g/mol. The van der Waals surface area contributed by atoms with Crippen LogP contribution in [0, 0.1) is 0 Å². The third-order valence-corrected chi connectivity index (χ3v) is 6.40. The summed E-state index contributed by atoms with van der Waals surface area (Å²) in [5, 5.41) is 12.7. The molecule has 1 aliphatic heterocycles. The topological polar surface area (TPSA) is 76.1 Å². The Labute approximate surface area is 203 Å². The maximum atomic E-state index is 13.4. The molecule has 0 bridgehead atoms. The van der Waals surface area contributed by atoms with Gasteiger partial charge in [-0.2, -0.15) is 0 Å². The first-order valence-corrected chi connectivity index (χ1v) is 12.2. The Balaban J connectivity index is 1.80. The van der Waals surface area contributed by atoms with Gasteiger partial charge in [-0.3, -0.25) is 9.59 Å². The van der Waals surface area contributed by atoms with Gasteiger partial charge >= 0.3 is 0 Å². The van der Waals surface area contributed by atoms with Gasteiger partial charge in [-0.05, 0) is 48.1 Å². The molecule has 176 valence electrons. The Morgan fingerprint density at radius 3 is 2.50 bits per heavy atom. The molecule has 0 aliphatic carbocycles. The average Bonchev–Trinajstić information content (AvgIpc) is 3.47. The van der Waals surface area contributed by atoms with Crippen LogP contribution in [0.2, 0.25) is 0 Å². The lowest BCUT2D eigenvalue weighted by molar-refractivity contribution is -0.130. The van der Waals surface area contributed by atoms with E-state index in [-0.39, 0.29) is 17.9 Å². The van der Waals surface area contributed by atoms with Crippen molar-refractivity contribution in [2.75, 3.05) is 13.2 Å². The predicted octanol–water partition coefficient (Wildman–Crippen LogP) is 5.71. The highest BCUT2D eigenvalue weighted by atomic mass is 32.1. The van der Waals surface area contributed by atoms with E-state index in [9.17, 15) is 14.7 Å². The molecule has 4 rings (SSSR count). The van der Waals surface area contributed by atoms with E-state index >= 15 is 0 Å². The van der Waals surface area contributed by atoms with Crippen molar-refractivity contribution >= 4 is 23.0 Å². The summed E-state index contributed by atoms with van der Waals surface area (Å²) in [5.41, 5.74) is 1.64. The number of ketones is 1. The summed E-state index contributed by atoms with van der Waals surface area (Å²) in [4.78, 5) is 28.6. The highest BCUT2D eigenvalue weighted by Gasteiger charge is 2.44. The third-order valence-electron chi connectivity index (χ3n) is 5.53. The molecular weight excluding hydrogens is 450 g/mol. The molecule has 0 radical (unpaired) electrons. The van der Waals surface area contributed by atoms with Crippen molar-refractivity contribution < 1.29 is 24.2 Å². The Kier molecular flexibility index (Phi) is 7.33. The van der Waals surface area contributed by atoms with E-state index in [1.807, 2.05) is 50.2 Å². The minimum absolute atomic E-state index is 0.0769. The standard InChI is InChI=1S/C27H27NO5S/c1-3-14-33-20-13-12-19(16-21(20)32-4-2)24-23(25(29)22-11-8-15-34-22)26(30)27(31)28(24)17-18-9-6-5-7-10-18/h5-13,15-16,24,30H,3-4,14,17H2,1-2H3. The van der Waals surface area contributed by atoms with Crippen molar-refractivity contribution in [3.05, 3.63) is 93.4 Å². The zero-order valence-electron chi connectivity index (χ0n) is 19.2. The molecule has 1 N–H and O–H groups in total. The molecule has 1 atom stereocenters. The molecule has 0 saturated carbocycles. The second-order valence-electron chi connectivity index (χ2n) is 7.88. The van der Waals surface area contributed by atoms with Gasteiger partial charge in [0.1, 0.15) is 0 Å². The molecule has 1 aromatic heterocycles. The number of amides is 1. The summed E-state index contributed by atoms with van der Waals surface area (Å²) < 4.78 is 11.6. The Morgan fingerprint density at radius 2 is 1.82 bits per heavy atom. The number of aliphatic hydroxyl groups excluding tert-OH is 1. The van der Waals surface area contributed by atoms with E-state index in [4.69, 9.17) is 9.47 Å². The molecule has 1 amide bonds. The number of aliphatic hydroxyl groups is 1. The molecule has 3 aromatic rings. The fraction of sp³-hybridized carbons (Fsp3) is 0.259. The summed E-state index contributed by atoms with van der Waals surface area (Å²) >= 11 is 1.28. The quantitative estimate of drug-likeness (QED) is 0.378. The van der Waals surface area contributed by atoms with Crippen LogP contribution in [-0.4, -0.2) is 34.9 Å². The molecule has 0 saturated heterocycles. The normalized spacial score (nSPS) is 15.6. The highest BCUT2D eigenvalue weighted by molar-refractivity contribution is 7.12. The summed E-state index contributed by atoms with van der Waals surface area (Å²) in [6.45, 7) is 5.13. The molecule has 1 aliphatic rings. The van der Waals surface area contributed by atoms with Crippen LogP contribution in [0.4, 0.5) is 0 Å². The number of benzene rings is 2. The monoisotopic (exact) mass is 477 g/mol. The van der Waals surface area contributed by atoms with Gasteiger partial charge in [-0.25, -0.2) is 0 Å². The molecule has 6 nitrogen and oxygen atoms in total. The number of hydrogen-bond acceptors (Lipinski definition) is 6. The van der Waals surface area contributed by atoms with Crippen LogP contribution in [0.25, 0.3) is 0 Å². The van der Waals surface area contributed by atoms with Crippen molar-refractivity contribution in [2.24, 2.45) is 0 Å². The number of carbonyl (C=O) groups excluding carboxylic acids is 2. The third kappa shape index (κ3) is 4.70. The first kappa shape index (κ1) is 23.6. The molecule has 0 fully saturated rings. The van der Waals surface area contributed by atoms with E-state index in [2.05, 4.69) is 0 Å². The first-order chi connectivity index (χ1) is 16.5. The van der Waals surface area contributed by atoms with Gasteiger partial charge in [0.05, 0.1) is 29.7 Å². The van der Waals surface area contributed by atoms with E-state index in [0.717, 1.165) is 12.0 Å². The lowest BCUT2D eigenvalue weighted by atomic mass is 9.94. The fourth-order valence-electron chi connectivity index (χ4n) is 4.01. The smallest absolute Gasteiger partial charge is 0.290 e. The van der Waals surface area contributed by atoms with Crippen molar-refractivity contribution in [1.82, 2.24) is 4.90 Å². The van der Waals surface area contributed by atoms with Crippen molar-refractivity contribution in [1.29, 1.82) is 0 Å². The summed E-state index contributed by atoms with van der Waals surface area (Å²) in [5.74, 6) is -0.298. The van der Waals surface area contributed by atoms with Crippen LogP contribution < -0.4 is 9.47 Å². The summed E-state index contributed by atoms with van der Waals surface area (Å²) in [6.07, 6.45) is 0.853. The van der Waals surface area contributed by atoms with E-state index in [0.29, 0.717) is 35.2 Å². The largest absolute Gasteiger partial charge is 0.503 e. The van der Waals surface area contributed by atoms with Crippen molar-refractivity contribution in [3.63, 3.8) is 0 Å². The van der Waals surface area contributed by atoms with Crippen LogP contribution in [0.1, 0.15) is 47.1 Å². The minimum atomic E-state index is -0.762. The summed E-state index contributed by atoms with van der Waals surface area (Å²) in [7, 11) is 0. The lowest BCUT2D eigenvalue weighted by Gasteiger charge is -2.27.